The predicted octanol–water partition coefficient (Wildman–Crippen LogP) is -0.337. The molecule has 1 fully saturated rings. The maximum Gasteiger partial charge on any atom is 0.218 e. The normalized spacial score (nSPS) is 16.4. The van der Waals surface area contributed by atoms with E-state index in [1.165, 1.54) is 6.07 Å². The van der Waals surface area contributed by atoms with E-state index >= 15 is 0 Å². The summed E-state index contributed by atoms with van der Waals surface area (Å²) in [5, 5.41) is 0. The number of halogens is 1. The number of hydrogen-bond acceptors (Lipinski definition) is 3. The zero-order valence-corrected chi connectivity index (χ0v) is 13.2. The SMILES string of the molecule is NC(=O)CCS(=O)(=O)CC[NH+](Cc1ccccc1F)C1CC1. The number of amides is 1. The molecule has 3 N–H and O–H groups in total. The summed E-state index contributed by atoms with van der Waals surface area (Å²) in [5.74, 6) is -1.07. The van der Waals surface area contributed by atoms with E-state index in [0.29, 0.717) is 24.7 Å². The first-order valence-electron chi connectivity index (χ1n) is 7.44. The van der Waals surface area contributed by atoms with Gasteiger partial charge in [-0.05, 0) is 6.07 Å². The Hall–Kier alpha value is -1.47. The average molecular weight is 329 g/mol. The second-order valence-corrected chi connectivity index (χ2v) is 8.12. The smallest absolute Gasteiger partial charge is 0.218 e. The molecule has 1 aromatic rings. The van der Waals surface area contributed by atoms with Crippen LogP contribution >= 0.6 is 0 Å². The van der Waals surface area contributed by atoms with Crippen LogP contribution in [0.25, 0.3) is 0 Å². The Balaban J connectivity index is 1.93. The maximum atomic E-state index is 13.7. The van der Waals surface area contributed by atoms with Gasteiger partial charge in [-0.15, -0.1) is 0 Å². The molecule has 0 aliphatic heterocycles. The van der Waals surface area contributed by atoms with E-state index in [0.717, 1.165) is 17.7 Å². The van der Waals surface area contributed by atoms with Crippen LogP contribution in [0.15, 0.2) is 24.3 Å². The van der Waals surface area contributed by atoms with Crippen LogP contribution in [0, 0.1) is 5.82 Å². The first-order valence-corrected chi connectivity index (χ1v) is 9.26. The molecular formula is C15H22FN2O3S+. The van der Waals surface area contributed by atoms with Gasteiger partial charge in [0, 0.05) is 24.8 Å². The number of hydrogen-bond donors (Lipinski definition) is 2. The molecule has 1 saturated carbocycles. The first kappa shape index (κ1) is 16.9. The number of carbonyl (C=O) groups is 1. The van der Waals surface area contributed by atoms with Gasteiger partial charge < -0.3 is 10.6 Å². The number of carbonyl (C=O) groups excluding carboxylic acids is 1. The Morgan fingerprint density at radius 1 is 1.27 bits per heavy atom. The monoisotopic (exact) mass is 329 g/mol. The molecule has 0 aromatic heterocycles. The summed E-state index contributed by atoms with van der Waals surface area (Å²) in [4.78, 5) is 11.8. The molecule has 1 aliphatic rings. The van der Waals surface area contributed by atoms with Gasteiger partial charge in [-0.2, -0.15) is 0 Å². The van der Waals surface area contributed by atoms with E-state index in [-0.39, 0.29) is 23.7 Å². The van der Waals surface area contributed by atoms with Gasteiger partial charge in [-0.3, -0.25) is 4.79 Å². The second kappa shape index (κ2) is 7.19. The standard InChI is InChI=1S/C15H21FN2O3S/c16-14-4-2-1-3-12(14)11-18(13-5-6-13)8-10-22(20,21)9-7-15(17)19/h1-4,13H,5-11H2,(H2,17,19)/p+1. The molecule has 0 bridgehead atoms. The summed E-state index contributed by atoms with van der Waals surface area (Å²) < 4.78 is 37.5. The number of benzene rings is 1. The highest BCUT2D eigenvalue weighted by atomic mass is 32.2. The van der Waals surface area contributed by atoms with Crippen molar-refractivity contribution in [2.24, 2.45) is 5.73 Å². The number of nitrogens with one attached hydrogen (secondary N) is 1. The van der Waals surface area contributed by atoms with Gasteiger partial charge in [0.15, 0.2) is 9.84 Å². The van der Waals surface area contributed by atoms with Crippen molar-refractivity contribution in [3.8, 4) is 0 Å². The molecule has 0 heterocycles. The van der Waals surface area contributed by atoms with Gasteiger partial charge in [0.25, 0.3) is 0 Å². The molecule has 1 unspecified atom stereocenters. The number of nitrogens with two attached hydrogens (primary N) is 1. The van der Waals surface area contributed by atoms with Crippen molar-refractivity contribution in [1.29, 1.82) is 0 Å². The summed E-state index contributed by atoms with van der Waals surface area (Å²) in [6.45, 7) is 0.919. The Kier molecular flexibility index (Phi) is 5.52. The van der Waals surface area contributed by atoms with Crippen LogP contribution in [0.4, 0.5) is 4.39 Å². The van der Waals surface area contributed by atoms with Gasteiger partial charge in [-0.25, -0.2) is 12.8 Å². The van der Waals surface area contributed by atoms with Crippen molar-refractivity contribution in [2.45, 2.75) is 31.8 Å². The Morgan fingerprint density at radius 3 is 2.55 bits per heavy atom. The number of sulfone groups is 1. The van der Waals surface area contributed by atoms with Crippen molar-refractivity contribution in [3.63, 3.8) is 0 Å². The van der Waals surface area contributed by atoms with E-state index in [4.69, 9.17) is 5.73 Å². The minimum atomic E-state index is -3.30. The molecule has 122 valence electrons. The third-order valence-corrected chi connectivity index (χ3v) is 5.58. The largest absolute Gasteiger partial charge is 0.370 e. The zero-order chi connectivity index (χ0) is 16.2. The summed E-state index contributed by atoms with van der Waals surface area (Å²) in [6.07, 6.45) is 1.95. The van der Waals surface area contributed by atoms with E-state index in [1.54, 1.807) is 18.2 Å². The highest BCUT2D eigenvalue weighted by Gasteiger charge is 2.34. The van der Waals surface area contributed by atoms with Crippen molar-refractivity contribution in [2.75, 3.05) is 18.1 Å². The fraction of sp³-hybridized carbons (Fsp3) is 0.533. The summed E-state index contributed by atoms with van der Waals surface area (Å²) >= 11 is 0. The maximum absolute atomic E-state index is 13.7. The van der Waals surface area contributed by atoms with Crippen LogP contribution < -0.4 is 10.6 Å². The second-order valence-electron chi connectivity index (χ2n) is 5.82. The van der Waals surface area contributed by atoms with Gasteiger partial charge in [-0.1, -0.05) is 18.2 Å². The van der Waals surface area contributed by atoms with Gasteiger partial charge in [0.2, 0.25) is 5.91 Å². The van der Waals surface area contributed by atoms with Crippen molar-refractivity contribution >= 4 is 15.7 Å². The lowest BCUT2D eigenvalue weighted by Crippen LogP contribution is -3.12. The fourth-order valence-corrected chi connectivity index (χ4v) is 3.75. The van der Waals surface area contributed by atoms with Crippen LogP contribution in [0.5, 0.6) is 0 Å². The predicted molar refractivity (Wildman–Crippen MR) is 81.4 cm³/mol. The fourth-order valence-electron chi connectivity index (χ4n) is 2.46. The molecule has 1 amide bonds. The van der Waals surface area contributed by atoms with Gasteiger partial charge in [0.05, 0.1) is 24.1 Å². The molecule has 5 nitrogen and oxygen atoms in total. The highest BCUT2D eigenvalue weighted by molar-refractivity contribution is 7.91. The Labute approximate surface area is 130 Å². The van der Waals surface area contributed by atoms with Crippen molar-refractivity contribution < 1.29 is 22.5 Å². The quantitative estimate of drug-likeness (QED) is 0.650. The highest BCUT2D eigenvalue weighted by Crippen LogP contribution is 2.16. The van der Waals surface area contributed by atoms with E-state index in [9.17, 15) is 17.6 Å². The lowest BCUT2D eigenvalue weighted by atomic mass is 10.2. The summed E-state index contributed by atoms with van der Waals surface area (Å²) in [5.41, 5.74) is 5.59. The third-order valence-electron chi connectivity index (χ3n) is 3.92. The number of quaternary nitrogens is 1. The van der Waals surface area contributed by atoms with E-state index in [1.807, 2.05) is 0 Å². The first-order chi connectivity index (χ1) is 10.4. The van der Waals surface area contributed by atoms with Crippen molar-refractivity contribution in [1.82, 2.24) is 0 Å². The van der Waals surface area contributed by atoms with Crippen LogP contribution in [-0.2, 0) is 21.2 Å². The van der Waals surface area contributed by atoms with Crippen LogP contribution in [0.1, 0.15) is 24.8 Å². The van der Waals surface area contributed by atoms with Crippen LogP contribution in [0.2, 0.25) is 0 Å². The van der Waals surface area contributed by atoms with E-state index < -0.39 is 15.7 Å². The van der Waals surface area contributed by atoms with Gasteiger partial charge >= 0.3 is 0 Å². The molecule has 0 radical (unpaired) electrons. The number of primary amides is 1. The van der Waals surface area contributed by atoms with E-state index in [2.05, 4.69) is 0 Å². The molecule has 0 spiro atoms. The molecule has 2 rings (SSSR count). The summed E-state index contributed by atoms with van der Waals surface area (Å²) in [7, 11) is -3.30. The lowest BCUT2D eigenvalue weighted by Gasteiger charge is -2.19. The zero-order valence-electron chi connectivity index (χ0n) is 12.4. The molecule has 1 atom stereocenters. The molecule has 1 aromatic carbocycles. The van der Waals surface area contributed by atoms with Crippen molar-refractivity contribution in [3.05, 3.63) is 35.6 Å². The lowest BCUT2D eigenvalue weighted by molar-refractivity contribution is -0.922. The molecule has 0 saturated heterocycles. The Morgan fingerprint density at radius 2 is 1.95 bits per heavy atom. The molecule has 1 aliphatic carbocycles. The topological polar surface area (TPSA) is 81.7 Å². The minimum absolute atomic E-state index is 0.000561. The molecule has 22 heavy (non-hydrogen) atoms. The number of rotatable bonds is 9. The average Bonchev–Trinajstić information content (AvgIpc) is 3.28. The summed E-state index contributed by atoms with van der Waals surface area (Å²) in [6, 6.07) is 6.99. The Bertz CT molecular complexity index is 629. The molecular weight excluding hydrogens is 307 g/mol. The molecule has 7 heteroatoms. The van der Waals surface area contributed by atoms with Crippen LogP contribution in [0.3, 0.4) is 0 Å². The van der Waals surface area contributed by atoms with Crippen LogP contribution in [-0.4, -0.2) is 38.4 Å². The minimum Gasteiger partial charge on any atom is -0.370 e. The van der Waals surface area contributed by atoms with Gasteiger partial charge in [0.1, 0.15) is 12.4 Å². The third kappa shape index (κ3) is 5.38.